The first-order valence-electron chi connectivity index (χ1n) is 9.97. The summed E-state index contributed by atoms with van der Waals surface area (Å²) in [7, 11) is 5.60. The van der Waals surface area contributed by atoms with E-state index in [1.54, 1.807) is 7.11 Å². The smallest absolute Gasteiger partial charge is 0.193 e. The fraction of sp³-hybridized carbons (Fsp3) is 0.667. The maximum absolute atomic E-state index is 5.72. The molecule has 0 atom stereocenters. The highest BCUT2D eigenvalue weighted by Gasteiger charge is 2.15. The Balaban J connectivity index is 0.00000392. The zero-order valence-corrected chi connectivity index (χ0v) is 20.0. The van der Waals surface area contributed by atoms with Gasteiger partial charge in [-0.3, -0.25) is 4.99 Å². The number of nitrogens with one attached hydrogen (secondary N) is 1. The molecule has 1 aliphatic heterocycles. The summed E-state index contributed by atoms with van der Waals surface area (Å²) in [5.74, 6) is 3.23. The van der Waals surface area contributed by atoms with Gasteiger partial charge in [-0.2, -0.15) is 0 Å². The average molecular weight is 505 g/mol. The van der Waals surface area contributed by atoms with Gasteiger partial charge in [0, 0.05) is 40.4 Å². The molecule has 6 nitrogen and oxygen atoms in total. The van der Waals surface area contributed by atoms with Gasteiger partial charge in [-0.25, -0.2) is 0 Å². The van der Waals surface area contributed by atoms with Crippen molar-refractivity contribution in [3.63, 3.8) is 0 Å². The zero-order valence-electron chi connectivity index (χ0n) is 17.7. The van der Waals surface area contributed by atoms with Crippen LogP contribution in [0.1, 0.15) is 38.2 Å². The lowest BCUT2D eigenvalue weighted by Gasteiger charge is -2.27. The van der Waals surface area contributed by atoms with E-state index < -0.39 is 0 Å². The molecule has 1 saturated heterocycles. The van der Waals surface area contributed by atoms with Crippen LogP contribution in [0.25, 0.3) is 0 Å². The summed E-state index contributed by atoms with van der Waals surface area (Å²) in [6.45, 7) is 6.28. The van der Waals surface area contributed by atoms with Gasteiger partial charge in [-0.1, -0.05) is 13.0 Å². The molecule has 0 aliphatic carbocycles. The molecule has 28 heavy (non-hydrogen) atoms. The van der Waals surface area contributed by atoms with Crippen molar-refractivity contribution in [2.45, 2.75) is 39.2 Å². The van der Waals surface area contributed by atoms with Crippen molar-refractivity contribution in [3.05, 3.63) is 23.8 Å². The molecule has 1 fully saturated rings. The van der Waals surface area contributed by atoms with Crippen molar-refractivity contribution < 1.29 is 14.2 Å². The molecule has 0 radical (unpaired) electrons. The Bertz CT molecular complexity index is 592. The number of aliphatic imine (C=N–C) groups is 1. The molecule has 0 amide bonds. The highest BCUT2D eigenvalue weighted by molar-refractivity contribution is 14.0. The van der Waals surface area contributed by atoms with Gasteiger partial charge >= 0.3 is 0 Å². The number of methoxy groups -OCH3 is 1. The quantitative estimate of drug-likeness (QED) is 0.313. The minimum Gasteiger partial charge on any atom is -0.493 e. The second-order valence-corrected chi connectivity index (χ2v) is 7.00. The summed E-state index contributed by atoms with van der Waals surface area (Å²) in [6, 6.07) is 6.06. The van der Waals surface area contributed by atoms with E-state index in [0.29, 0.717) is 13.2 Å². The van der Waals surface area contributed by atoms with Gasteiger partial charge in [-0.15, -0.1) is 24.0 Å². The van der Waals surface area contributed by atoms with Crippen LogP contribution in [0, 0.1) is 5.92 Å². The lowest BCUT2D eigenvalue weighted by molar-refractivity contribution is 0.0625. The number of hydrogen-bond acceptors (Lipinski definition) is 4. The number of hydrogen-bond donors (Lipinski definition) is 1. The molecule has 1 N–H and O–H groups in total. The van der Waals surface area contributed by atoms with Crippen LogP contribution in [-0.4, -0.2) is 58.4 Å². The van der Waals surface area contributed by atoms with Crippen molar-refractivity contribution in [2.75, 3.05) is 47.6 Å². The average Bonchev–Trinajstić information content (AvgIpc) is 2.72. The van der Waals surface area contributed by atoms with Crippen LogP contribution >= 0.6 is 24.0 Å². The molecule has 1 aromatic rings. The minimum absolute atomic E-state index is 0. The molecule has 0 spiro atoms. The van der Waals surface area contributed by atoms with Crippen LogP contribution in [0.15, 0.2) is 23.2 Å². The third kappa shape index (κ3) is 8.03. The topological polar surface area (TPSA) is 55.3 Å². The Labute approximate surface area is 187 Å². The number of halogens is 1. The van der Waals surface area contributed by atoms with E-state index in [2.05, 4.69) is 35.2 Å². The molecular weight excluding hydrogens is 469 g/mol. The van der Waals surface area contributed by atoms with Crippen LogP contribution in [-0.2, 0) is 11.3 Å². The van der Waals surface area contributed by atoms with Crippen molar-refractivity contribution in [1.82, 2.24) is 10.2 Å². The first kappa shape index (κ1) is 24.8. The van der Waals surface area contributed by atoms with Crippen LogP contribution in [0.2, 0.25) is 0 Å². The number of guanidine groups is 1. The maximum Gasteiger partial charge on any atom is 0.193 e. The van der Waals surface area contributed by atoms with Crippen LogP contribution < -0.4 is 14.8 Å². The van der Waals surface area contributed by atoms with E-state index in [0.717, 1.165) is 55.1 Å². The summed E-state index contributed by atoms with van der Waals surface area (Å²) in [4.78, 5) is 6.62. The van der Waals surface area contributed by atoms with Crippen molar-refractivity contribution in [2.24, 2.45) is 10.9 Å². The fourth-order valence-corrected chi connectivity index (χ4v) is 3.24. The SMILES string of the molecule is CCCOc1ccc(CNC(=NC)N(C)CCC2CCOCC2)cc1OC.I. The Morgan fingerprint density at radius 1 is 1.29 bits per heavy atom. The van der Waals surface area contributed by atoms with E-state index in [4.69, 9.17) is 14.2 Å². The number of nitrogens with zero attached hydrogens (tertiary/aromatic N) is 2. The second kappa shape index (κ2) is 13.9. The fourth-order valence-electron chi connectivity index (χ4n) is 3.24. The predicted octanol–water partition coefficient (Wildman–Crippen LogP) is 3.93. The largest absolute Gasteiger partial charge is 0.493 e. The van der Waals surface area contributed by atoms with Gasteiger partial charge < -0.3 is 24.4 Å². The Kier molecular flexibility index (Phi) is 12.3. The summed E-state index contributed by atoms with van der Waals surface area (Å²) in [5.41, 5.74) is 1.13. The van der Waals surface area contributed by atoms with Gasteiger partial charge in [0.15, 0.2) is 17.5 Å². The molecule has 0 unspecified atom stereocenters. The molecule has 0 saturated carbocycles. The molecule has 2 rings (SSSR count). The predicted molar refractivity (Wildman–Crippen MR) is 125 cm³/mol. The van der Waals surface area contributed by atoms with E-state index in [9.17, 15) is 0 Å². The maximum atomic E-state index is 5.72. The normalized spacial score (nSPS) is 14.9. The third-order valence-electron chi connectivity index (χ3n) is 4.93. The van der Waals surface area contributed by atoms with Crippen molar-refractivity contribution >= 4 is 29.9 Å². The van der Waals surface area contributed by atoms with Crippen LogP contribution in [0.3, 0.4) is 0 Å². The number of ether oxygens (including phenoxy) is 3. The van der Waals surface area contributed by atoms with E-state index in [-0.39, 0.29) is 24.0 Å². The van der Waals surface area contributed by atoms with Crippen molar-refractivity contribution in [1.29, 1.82) is 0 Å². The summed E-state index contributed by atoms with van der Waals surface area (Å²) >= 11 is 0. The Morgan fingerprint density at radius 3 is 2.68 bits per heavy atom. The highest BCUT2D eigenvalue weighted by Crippen LogP contribution is 2.28. The summed E-state index contributed by atoms with van der Waals surface area (Å²) in [5, 5.41) is 3.44. The number of rotatable bonds is 9. The molecule has 1 aromatic carbocycles. The molecule has 160 valence electrons. The standard InChI is InChI=1S/C21H35N3O3.HI/c1-5-12-27-19-7-6-18(15-20(19)25-4)16-23-21(22-2)24(3)11-8-17-9-13-26-14-10-17;/h6-7,15,17H,5,8-14,16H2,1-4H3,(H,22,23);1H. The van der Waals surface area contributed by atoms with Crippen LogP contribution in [0.4, 0.5) is 0 Å². The molecule has 0 bridgehead atoms. The van der Waals surface area contributed by atoms with E-state index in [1.165, 1.54) is 19.3 Å². The lowest BCUT2D eigenvalue weighted by Crippen LogP contribution is -2.39. The second-order valence-electron chi connectivity index (χ2n) is 7.00. The first-order valence-corrected chi connectivity index (χ1v) is 9.97. The van der Waals surface area contributed by atoms with E-state index in [1.807, 2.05) is 19.2 Å². The van der Waals surface area contributed by atoms with Gasteiger partial charge in [0.05, 0.1) is 13.7 Å². The summed E-state index contributed by atoms with van der Waals surface area (Å²) < 4.78 is 16.6. The molecule has 1 heterocycles. The van der Waals surface area contributed by atoms with Crippen molar-refractivity contribution in [3.8, 4) is 11.5 Å². The zero-order chi connectivity index (χ0) is 19.5. The lowest BCUT2D eigenvalue weighted by atomic mass is 9.96. The third-order valence-corrected chi connectivity index (χ3v) is 4.93. The van der Waals surface area contributed by atoms with Gasteiger partial charge in [0.25, 0.3) is 0 Å². The molecule has 1 aliphatic rings. The van der Waals surface area contributed by atoms with Gasteiger partial charge in [-0.05, 0) is 49.3 Å². The Hall–Kier alpha value is -1.22. The molecular formula is C21H36IN3O3. The molecule has 0 aromatic heterocycles. The monoisotopic (exact) mass is 505 g/mol. The molecule has 7 heteroatoms. The Morgan fingerprint density at radius 2 is 2.04 bits per heavy atom. The van der Waals surface area contributed by atoms with Gasteiger partial charge in [0.2, 0.25) is 0 Å². The number of benzene rings is 1. The van der Waals surface area contributed by atoms with E-state index >= 15 is 0 Å². The van der Waals surface area contributed by atoms with Gasteiger partial charge in [0.1, 0.15) is 0 Å². The minimum atomic E-state index is 0. The first-order chi connectivity index (χ1) is 13.2. The van der Waals surface area contributed by atoms with Crippen LogP contribution in [0.5, 0.6) is 11.5 Å². The highest BCUT2D eigenvalue weighted by atomic mass is 127. The summed E-state index contributed by atoms with van der Waals surface area (Å²) in [6.07, 6.45) is 4.50.